The van der Waals surface area contributed by atoms with Gasteiger partial charge < -0.3 is 5.48 Å². The Labute approximate surface area is 62.1 Å². The molecule has 1 N–H and O–H groups in total. The molecule has 0 saturated heterocycles. The fourth-order valence-electron chi connectivity index (χ4n) is 0. The van der Waals surface area contributed by atoms with Crippen LogP contribution in [0.25, 0.3) is 0 Å². The van der Waals surface area contributed by atoms with Gasteiger partial charge in [0.05, 0.1) is 0 Å². The van der Waals surface area contributed by atoms with Crippen LogP contribution in [0.4, 0.5) is 0 Å². The molecule has 0 atom stereocenters. The smallest absolute Gasteiger partial charge is 0.870 e. The molecule has 0 aromatic rings. The molecule has 0 saturated carbocycles. The Morgan fingerprint density at radius 1 is 0.857 bits per heavy atom. The van der Waals surface area contributed by atoms with E-state index in [-0.39, 0.29) is 33.1 Å². The van der Waals surface area contributed by atoms with Crippen LogP contribution in [-0.4, -0.2) is 5.48 Å². The summed E-state index contributed by atoms with van der Waals surface area (Å²) in [6, 6.07) is 0. The first-order valence-corrected chi connectivity index (χ1v) is 1.85. The van der Waals surface area contributed by atoms with E-state index < -0.39 is 10.2 Å². The quantitative estimate of drug-likeness (QED) is 0.414. The fraction of sp³-hybridized carbons (Fsp3) is 0. The fourth-order valence-corrected chi connectivity index (χ4v) is 0. The second-order valence-corrected chi connectivity index (χ2v) is 1.13. The van der Waals surface area contributed by atoms with E-state index in [0.29, 0.717) is 0 Å². The van der Waals surface area contributed by atoms with Crippen LogP contribution in [0, 0.1) is 10.2 Å². The minimum Gasteiger partial charge on any atom is -0.870 e. The molecule has 0 bridgehead atoms. The van der Waals surface area contributed by atoms with E-state index in [4.69, 9.17) is 18.6 Å². The van der Waals surface area contributed by atoms with E-state index in [2.05, 4.69) is 0 Å². The molecule has 0 amide bonds. The molecule has 0 fully saturated rings. The van der Waals surface area contributed by atoms with Crippen LogP contribution in [0.2, 0.25) is 0 Å². The molecule has 5 nitrogen and oxygen atoms in total. The van der Waals surface area contributed by atoms with Gasteiger partial charge in [0.25, 0.3) is 0 Å². The van der Waals surface area contributed by atoms with Gasteiger partial charge >= 0.3 is 27.7 Å². The van der Waals surface area contributed by atoms with Gasteiger partial charge in [0.15, 0.2) is 0 Å². The van der Waals surface area contributed by atoms with Gasteiger partial charge in [-0.3, -0.25) is 0 Å². The molecule has 7 heteroatoms. The molecule has 0 radical (unpaired) electrons. The molecule has 40 valence electrons. The molecule has 0 aliphatic rings. The van der Waals surface area contributed by atoms with Crippen LogP contribution in [0.5, 0.6) is 0 Å². The van der Waals surface area contributed by atoms with Gasteiger partial charge in [-0.15, -0.1) is 10.2 Å². The molecule has 0 heterocycles. The Kier molecular flexibility index (Phi) is 11.6. The van der Waals surface area contributed by atoms with Gasteiger partial charge in [-0.25, -0.2) is 18.6 Å². The largest absolute Gasteiger partial charge is 2.00 e. The van der Waals surface area contributed by atoms with Gasteiger partial charge in [0.1, 0.15) is 0 Å². The van der Waals surface area contributed by atoms with Crippen molar-refractivity contribution in [3.8, 4) is 0 Å². The molecular formula is HClHgO5. The van der Waals surface area contributed by atoms with E-state index in [1.54, 1.807) is 0 Å². The second-order valence-electron chi connectivity index (χ2n) is 0.378. The number of halogens is 1. The van der Waals surface area contributed by atoms with Crippen molar-refractivity contribution in [2.75, 3.05) is 0 Å². The van der Waals surface area contributed by atoms with Gasteiger partial charge in [0, 0.05) is 0 Å². The van der Waals surface area contributed by atoms with Gasteiger partial charge in [-0.1, -0.05) is 0 Å². The van der Waals surface area contributed by atoms with Crippen LogP contribution in [0.1, 0.15) is 0 Å². The van der Waals surface area contributed by atoms with Crippen molar-refractivity contribution in [2.24, 2.45) is 0 Å². The summed E-state index contributed by atoms with van der Waals surface area (Å²) in [5, 5.41) is 0. The second kappa shape index (κ2) is 5.17. The van der Waals surface area contributed by atoms with Gasteiger partial charge in [-0.2, -0.15) is 0 Å². The Morgan fingerprint density at radius 3 is 0.857 bits per heavy atom. The first-order valence-electron chi connectivity index (χ1n) is 0.617. The topological polar surface area (TPSA) is 122 Å². The monoisotopic (exact) mass is 318 g/mol. The molecule has 0 aliphatic heterocycles. The predicted molar refractivity (Wildman–Crippen MR) is 1.94 cm³/mol. The van der Waals surface area contributed by atoms with E-state index >= 15 is 0 Å². The van der Waals surface area contributed by atoms with Crippen molar-refractivity contribution in [3.63, 3.8) is 0 Å². The summed E-state index contributed by atoms with van der Waals surface area (Å²) in [4.78, 5) is 0. The first-order chi connectivity index (χ1) is 2.00. The van der Waals surface area contributed by atoms with Crippen LogP contribution >= 0.6 is 0 Å². The zero-order chi connectivity index (χ0) is 4.50. The minimum absolute atomic E-state index is 0. The third-order valence-electron chi connectivity index (χ3n) is 0. The van der Waals surface area contributed by atoms with Crippen LogP contribution in [-0.2, 0) is 27.7 Å². The average molecular weight is 317 g/mol. The molecular weight excluding hydrogens is 316 g/mol. The van der Waals surface area contributed by atoms with E-state index in [0.717, 1.165) is 0 Å². The summed E-state index contributed by atoms with van der Waals surface area (Å²) in [6.07, 6.45) is 0. The molecule has 0 rings (SSSR count). The number of hydrogen-bond donors (Lipinski definition) is 0. The van der Waals surface area contributed by atoms with E-state index in [1.807, 2.05) is 0 Å². The Hall–Kier alpha value is 1.03. The summed E-state index contributed by atoms with van der Waals surface area (Å²) in [5.74, 6) is 0. The Morgan fingerprint density at radius 2 is 0.857 bits per heavy atom. The third kappa shape index (κ3) is 169. The molecule has 7 heavy (non-hydrogen) atoms. The molecule has 0 spiro atoms. The predicted octanol–water partition coefficient (Wildman–Crippen LogP) is -4.94. The summed E-state index contributed by atoms with van der Waals surface area (Å²) in [5.41, 5.74) is 0. The maximum Gasteiger partial charge on any atom is 2.00 e. The first kappa shape index (κ1) is 15.7. The van der Waals surface area contributed by atoms with E-state index in [1.165, 1.54) is 0 Å². The van der Waals surface area contributed by atoms with Crippen molar-refractivity contribution in [1.29, 1.82) is 0 Å². The third-order valence-corrected chi connectivity index (χ3v) is 0. The Balaban J connectivity index is -0.0000000800. The summed E-state index contributed by atoms with van der Waals surface area (Å²) in [6.45, 7) is 0. The maximum atomic E-state index is 8.49. The average Bonchev–Trinajstić information content (AvgIpc) is 0.722. The van der Waals surface area contributed by atoms with Crippen molar-refractivity contribution >= 4 is 0 Å². The van der Waals surface area contributed by atoms with Gasteiger partial charge in [0.2, 0.25) is 0 Å². The van der Waals surface area contributed by atoms with Crippen molar-refractivity contribution in [1.82, 2.24) is 0 Å². The van der Waals surface area contributed by atoms with Crippen molar-refractivity contribution < 1.29 is 62.0 Å². The van der Waals surface area contributed by atoms with Gasteiger partial charge in [-0.05, 0) is 0 Å². The molecule has 0 unspecified atom stereocenters. The summed E-state index contributed by atoms with van der Waals surface area (Å²) >= 11 is 0. The van der Waals surface area contributed by atoms with Crippen molar-refractivity contribution in [3.05, 3.63) is 0 Å². The van der Waals surface area contributed by atoms with Crippen LogP contribution < -0.4 is 18.6 Å². The number of hydrogen-bond acceptors (Lipinski definition) is 5. The zero-order valence-electron chi connectivity index (χ0n) is 3.17. The molecule has 0 aromatic carbocycles. The van der Waals surface area contributed by atoms with E-state index in [9.17, 15) is 0 Å². The minimum atomic E-state index is -4.94. The molecule has 0 aromatic heterocycles. The normalized spacial score (nSPS) is 8.57. The van der Waals surface area contributed by atoms with Crippen molar-refractivity contribution in [2.45, 2.75) is 0 Å². The molecule has 0 aliphatic carbocycles. The summed E-state index contributed by atoms with van der Waals surface area (Å²) < 4.78 is 34.0. The van der Waals surface area contributed by atoms with Crippen LogP contribution in [0.15, 0.2) is 0 Å². The van der Waals surface area contributed by atoms with Crippen LogP contribution in [0.3, 0.4) is 0 Å². The maximum absolute atomic E-state index is 8.49. The zero-order valence-corrected chi connectivity index (χ0v) is 9.42. The standard InChI is InChI=1S/ClHO4.Hg.H2O/c2-1(3,4)5;;/h(H,2,3,4,5);;1H2/q;+2;/p-2. The Bertz CT molecular complexity index is 23.6. The summed E-state index contributed by atoms with van der Waals surface area (Å²) in [7, 11) is -4.94. The number of rotatable bonds is 0. The SMILES string of the molecule is [Hg+2].[O-][Cl+3]([O-])([O-])[O-].[OH-].